The van der Waals surface area contributed by atoms with Crippen LogP contribution in [-0.4, -0.2) is 63.9 Å². The number of hydrogen-bond acceptors (Lipinski definition) is 5. The van der Waals surface area contributed by atoms with E-state index >= 15 is 0 Å². The van der Waals surface area contributed by atoms with Gasteiger partial charge in [0.15, 0.2) is 4.90 Å². The summed E-state index contributed by atoms with van der Waals surface area (Å²) in [6.45, 7) is 0.0395. The van der Waals surface area contributed by atoms with Crippen molar-refractivity contribution in [2.75, 3.05) is 40.4 Å². The van der Waals surface area contributed by atoms with Crippen LogP contribution >= 0.6 is 0 Å². The largest absolute Gasteiger partial charge is 0.497 e. The third-order valence-corrected chi connectivity index (χ3v) is 6.86. The summed E-state index contributed by atoms with van der Waals surface area (Å²) in [5.74, 6) is -1.44. The van der Waals surface area contributed by atoms with Crippen LogP contribution in [0, 0.1) is 11.6 Å². The summed E-state index contributed by atoms with van der Waals surface area (Å²) in [4.78, 5) is 13.0. The van der Waals surface area contributed by atoms with Crippen molar-refractivity contribution in [2.24, 2.45) is 0 Å². The minimum Gasteiger partial charge on any atom is -0.497 e. The van der Waals surface area contributed by atoms with E-state index < -0.39 is 26.6 Å². The van der Waals surface area contributed by atoms with Crippen LogP contribution in [0.3, 0.4) is 0 Å². The molecule has 0 unspecified atom stereocenters. The van der Waals surface area contributed by atoms with E-state index in [0.717, 1.165) is 22.5 Å². The first-order valence-corrected chi connectivity index (χ1v) is 10.8. The number of hydrogen-bond donors (Lipinski definition) is 0. The molecule has 1 amide bonds. The van der Waals surface area contributed by atoms with Crippen LogP contribution in [0.1, 0.15) is 5.56 Å². The van der Waals surface area contributed by atoms with Gasteiger partial charge in [-0.05, 0) is 36.4 Å². The minimum absolute atomic E-state index is 0.0713. The highest BCUT2D eigenvalue weighted by Crippen LogP contribution is 2.26. The molecule has 31 heavy (non-hydrogen) atoms. The summed E-state index contributed by atoms with van der Waals surface area (Å²) in [5.41, 5.74) is 0.645. The molecule has 2 aromatic rings. The molecular formula is C21H22F2N2O5S. The monoisotopic (exact) mass is 452 g/mol. The van der Waals surface area contributed by atoms with Crippen molar-refractivity contribution in [3.63, 3.8) is 0 Å². The molecule has 166 valence electrons. The lowest BCUT2D eigenvalue weighted by Crippen LogP contribution is -2.50. The van der Waals surface area contributed by atoms with Crippen LogP contribution in [0.25, 0.3) is 6.08 Å². The molecule has 2 aromatic carbocycles. The standard InChI is InChI=1S/C21H22F2N2O5S/c1-29-16-7-8-19(30-2)15(14-16)6-9-20(26)24-10-12-25(13-11-24)31(27,28)21-17(22)4-3-5-18(21)23/h3-9,14H,10-13H2,1-2H3/b9-6+. The highest BCUT2D eigenvalue weighted by Gasteiger charge is 2.33. The first kappa shape index (κ1) is 22.7. The van der Waals surface area contributed by atoms with Gasteiger partial charge in [-0.25, -0.2) is 17.2 Å². The third kappa shape index (κ3) is 4.86. The van der Waals surface area contributed by atoms with Crippen molar-refractivity contribution in [3.8, 4) is 11.5 Å². The summed E-state index contributed by atoms with van der Waals surface area (Å²) < 4.78 is 64.6. The van der Waals surface area contributed by atoms with Gasteiger partial charge in [0, 0.05) is 37.8 Å². The Balaban J connectivity index is 1.68. The first-order valence-electron chi connectivity index (χ1n) is 9.41. The SMILES string of the molecule is COc1ccc(OC)c(/C=C/C(=O)N2CCN(S(=O)(=O)c3c(F)cccc3F)CC2)c1. The van der Waals surface area contributed by atoms with Gasteiger partial charge in [-0.15, -0.1) is 0 Å². The number of nitrogens with zero attached hydrogens (tertiary/aromatic N) is 2. The van der Waals surface area contributed by atoms with Crippen LogP contribution < -0.4 is 9.47 Å². The highest BCUT2D eigenvalue weighted by molar-refractivity contribution is 7.89. The van der Waals surface area contributed by atoms with Gasteiger partial charge in [0.1, 0.15) is 23.1 Å². The molecule has 0 radical (unpaired) electrons. The Morgan fingerprint density at radius 3 is 2.23 bits per heavy atom. The number of sulfonamides is 1. The number of ether oxygens (including phenoxy) is 2. The molecule has 0 saturated carbocycles. The number of piperazine rings is 1. The molecule has 3 rings (SSSR count). The Morgan fingerprint density at radius 1 is 1.00 bits per heavy atom. The molecule has 0 aromatic heterocycles. The normalized spacial score (nSPS) is 15.3. The van der Waals surface area contributed by atoms with E-state index in [4.69, 9.17) is 9.47 Å². The van der Waals surface area contributed by atoms with Gasteiger partial charge in [0.05, 0.1) is 14.2 Å². The van der Waals surface area contributed by atoms with Crippen molar-refractivity contribution < 1.29 is 31.5 Å². The van der Waals surface area contributed by atoms with E-state index in [1.54, 1.807) is 24.3 Å². The van der Waals surface area contributed by atoms with Crippen molar-refractivity contribution in [2.45, 2.75) is 4.90 Å². The fraction of sp³-hybridized carbons (Fsp3) is 0.286. The van der Waals surface area contributed by atoms with Gasteiger partial charge in [-0.2, -0.15) is 4.31 Å². The zero-order valence-electron chi connectivity index (χ0n) is 17.0. The fourth-order valence-electron chi connectivity index (χ4n) is 3.24. The Hall–Kier alpha value is -2.98. The van der Waals surface area contributed by atoms with Crippen LogP contribution in [0.5, 0.6) is 11.5 Å². The predicted octanol–water partition coefficient (Wildman–Crippen LogP) is 2.53. The van der Waals surface area contributed by atoms with Crippen molar-refractivity contribution in [1.82, 2.24) is 9.21 Å². The summed E-state index contributed by atoms with van der Waals surface area (Å²) >= 11 is 0. The summed E-state index contributed by atoms with van der Waals surface area (Å²) in [5, 5.41) is 0. The van der Waals surface area contributed by atoms with Crippen molar-refractivity contribution in [3.05, 3.63) is 59.7 Å². The zero-order chi connectivity index (χ0) is 22.6. The molecule has 0 atom stereocenters. The van der Waals surface area contributed by atoms with E-state index in [9.17, 15) is 22.0 Å². The third-order valence-electron chi connectivity index (χ3n) is 4.91. The van der Waals surface area contributed by atoms with E-state index in [-0.39, 0.29) is 32.1 Å². The van der Waals surface area contributed by atoms with E-state index in [2.05, 4.69) is 0 Å². The number of rotatable bonds is 6. The smallest absolute Gasteiger partial charge is 0.249 e. The Bertz CT molecular complexity index is 1080. The average Bonchev–Trinajstić information content (AvgIpc) is 2.77. The number of methoxy groups -OCH3 is 2. The number of amides is 1. The second kappa shape index (κ2) is 9.44. The molecule has 0 N–H and O–H groups in total. The first-order chi connectivity index (χ1) is 14.8. The lowest BCUT2D eigenvalue weighted by Gasteiger charge is -2.33. The molecule has 1 aliphatic rings. The summed E-state index contributed by atoms with van der Waals surface area (Å²) in [6.07, 6.45) is 2.94. The lowest BCUT2D eigenvalue weighted by molar-refractivity contribution is -0.127. The molecule has 10 heteroatoms. The molecular weight excluding hydrogens is 430 g/mol. The zero-order valence-corrected chi connectivity index (χ0v) is 17.9. The lowest BCUT2D eigenvalue weighted by atomic mass is 10.1. The molecule has 0 aliphatic carbocycles. The Kier molecular flexibility index (Phi) is 6.91. The number of carbonyl (C=O) groups is 1. The van der Waals surface area contributed by atoms with Crippen molar-refractivity contribution >= 4 is 22.0 Å². The summed E-state index contributed by atoms with van der Waals surface area (Å²) in [7, 11) is -1.31. The van der Waals surface area contributed by atoms with E-state index in [0.29, 0.717) is 17.1 Å². The predicted molar refractivity (Wildman–Crippen MR) is 110 cm³/mol. The number of halogens is 2. The maximum atomic E-state index is 13.9. The fourth-order valence-corrected chi connectivity index (χ4v) is 4.77. The topological polar surface area (TPSA) is 76.2 Å². The quantitative estimate of drug-likeness (QED) is 0.630. The second-order valence-corrected chi connectivity index (χ2v) is 8.60. The molecule has 1 fully saturated rings. The average molecular weight is 452 g/mol. The van der Waals surface area contributed by atoms with Crippen LogP contribution in [0.15, 0.2) is 47.4 Å². The molecule has 1 aliphatic heterocycles. The highest BCUT2D eigenvalue weighted by atomic mass is 32.2. The number of benzene rings is 2. The van der Waals surface area contributed by atoms with Crippen LogP contribution in [-0.2, 0) is 14.8 Å². The van der Waals surface area contributed by atoms with Crippen LogP contribution in [0.4, 0.5) is 8.78 Å². The van der Waals surface area contributed by atoms with Gasteiger partial charge < -0.3 is 14.4 Å². The van der Waals surface area contributed by atoms with Crippen molar-refractivity contribution in [1.29, 1.82) is 0 Å². The van der Waals surface area contributed by atoms with Gasteiger partial charge in [-0.3, -0.25) is 4.79 Å². The van der Waals surface area contributed by atoms with Gasteiger partial charge in [0.25, 0.3) is 0 Å². The maximum absolute atomic E-state index is 13.9. The molecule has 7 nitrogen and oxygen atoms in total. The second-order valence-electron chi connectivity index (χ2n) is 6.72. The Labute approximate surface area is 179 Å². The van der Waals surface area contributed by atoms with E-state index in [1.807, 2.05) is 0 Å². The maximum Gasteiger partial charge on any atom is 0.249 e. The molecule has 0 spiro atoms. The van der Waals surface area contributed by atoms with Gasteiger partial charge >= 0.3 is 0 Å². The minimum atomic E-state index is -4.35. The van der Waals surface area contributed by atoms with E-state index in [1.165, 1.54) is 25.2 Å². The summed E-state index contributed by atoms with van der Waals surface area (Å²) in [6, 6.07) is 8.06. The molecule has 1 saturated heterocycles. The van der Waals surface area contributed by atoms with Crippen LogP contribution in [0.2, 0.25) is 0 Å². The van der Waals surface area contributed by atoms with Gasteiger partial charge in [0.2, 0.25) is 15.9 Å². The number of carbonyl (C=O) groups excluding carboxylic acids is 1. The van der Waals surface area contributed by atoms with Gasteiger partial charge in [-0.1, -0.05) is 6.07 Å². The molecule has 1 heterocycles. The Morgan fingerprint density at radius 2 is 1.65 bits per heavy atom. The molecule has 0 bridgehead atoms.